The number of hydrogen-bond donors (Lipinski definition) is 0. The average molecular weight is 334 g/mol. The van der Waals surface area contributed by atoms with E-state index in [-0.39, 0.29) is 0 Å². The highest BCUT2D eigenvalue weighted by Gasteiger charge is 2.15. The number of hydrogen-bond acceptors (Lipinski definition) is 2. The SMILES string of the molecule is Cc1ccc(S(=O)(=O)C=C(c2ccccc2)c2ccccc2)cc1. The van der Waals surface area contributed by atoms with Crippen molar-refractivity contribution < 1.29 is 8.42 Å². The second-order valence-electron chi connectivity index (χ2n) is 5.62. The van der Waals surface area contributed by atoms with Crippen molar-refractivity contribution in [2.75, 3.05) is 0 Å². The van der Waals surface area contributed by atoms with Crippen LogP contribution in [0.25, 0.3) is 5.57 Å². The smallest absolute Gasteiger partial charge is 0.200 e. The van der Waals surface area contributed by atoms with E-state index in [2.05, 4.69) is 0 Å². The summed E-state index contributed by atoms with van der Waals surface area (Å²) in [5.41, 5.74) is 3.47. The van der Waals surface area contributed by atoms with Crippen LogP contribution in [0.5, 0.6) is 0 Å². The van der Waals surface area contributed by atoms with Gasteiger partial charge in [0.25, 0.3) is 0 Å². The van der Waals surface area contributed by atoms with E-state index in [4.69, 9.17) is 0 Å². The molecule has 3 rings (SSSR count). The molecule has 120 valence electrons. The molecule has 24 heavy (non-hydrogen) atoms. The Bertz CT molecular complexity index is 898. The monoisotopic (exact) mass is 334 g/mol. The lowest BCUT2D eigenvalue weighted by Crippen LogP contribution is -1.99. The molecule has 0 heterocycles. The van der Waals surface area contributed by atoms with Crippen LogP contribution in [0.1, 0.15) is 16.7 Å². The molecular formula is C21H18O2S. The third kappa shape index (κ3) is 3.63. The zero-order valence-electron chi connectivity index (χ0n) is 13.4. The summed E-state index contributed by atoms with van der Waals surface area (Å²) in [7, 11) is -3.53. The van der Waals surface area contributed by atoms with E-state index < -0.39 is 9.84 Å². The molecule has 3 aromatic carbocycles. The highest BCUT2D eigenvalue weighted by atomic mass is 32.2. The lowest BCUT2D eigenvalue weighted by atomic mass is 10.00. The standard InChI is InChI=1S/C21H18O2S/c1-17-12-14-20(15-13-17)24(22,23)16-21(18-8-4-2-5-9-18)19-10-6-3-7-11-19/h2-16H,1H3. The van der Waals surface area contributed by atoms with Crippen LogP contribution in [0, 0.1) is 6.92 Å². The molecule has 0 saturated carbocycles. The van der Waals surface area contributed by atoms with Gasteiger partial charge in [0.2, 0.25) is 0 Å². The summed E-state index contributed by atoms with van der Waals surface area (Å²) in [5, 5.41) is 1.36. The lowest BCUT2D eigenvalue weighted by Gasteiger charge is -2.09. The Morgan fingerprint density at radius 3 is 1.62 bits per heavy atom. The summed E-state index contributed by atoms with van der Waals surface area (Å²) in [5.74, 6) is 0. The topological polar surface area (TPSA) is 34.1 Å². The highest BCUT2D eigenvalue weighted by molar-refractivity contribution is 7.94. The van der Waals surface area contributed by atoms with E-state index in [1.165, 1.54) is 5.41 Å². The van der Waals surface area contributed by atoms with Crippen LogP contribution in [0.4, 0.5) is 0 Å². The van der Waals surface area contributed by atoms with Gasteiger partial charge in [-0.1, -0.05) is 78.4 Å². The fraction of sp³-hybridized carbons (Fsp3) is 0.0476. The Morgan fingerprint density at radius 2 is 1.17 bits per heavy atom. The van der Waals surface area contributed by atoms with Crippen LogP contribution in [0.3, 0.4) is 0 Å². The fourth-order valence-electron chi connectivity index (χ4n) is 2.49. The van der Waals surface area contributed by atoms with Gasteiger partial charge < -0.3 is 0 Å². The van der Waals surface area contributed by atoms with E-state index in [1.54, 1.807) is 12.1 Å². The third-order valence-corrected chi connectivity index (χ3v) is 5.27. The van der Waals surface area contributed by atoms with Gasteiger partial charge in [0.15, 0.2) is 9.84 Å². The Balaban J connectivity index is 2.15. The zero-order valence-corrected chi connectivity index (χ0v) is 14.2. The van der Waals surface area contributed by atoms with Crippen molar-refractivity contribution in [2.45, 2.75) is 11.8 Å². The Hall–Kier alpha value is -2.65. The molecule has 0 aromatic heterocycles. The van der Waals surface area contributed by atoms with Gasteiger partial charge in [0.05, 0.1) is 4.90 Å². The van der Waals surface area contributed by atoms with Crippen molar-refractivity contribution in [1.82, 2.24) is 0 Å². The molecule has 0 unspecified atom stereocenters. The summed E-state index contributed by atoms with van der Waals surface area (Å²) in [6, 6.07) is 26.1. The van der Waals surface area contributed by atoms with Gasteiger partial charge in [-0.05, 0) is 30.2 Å². The van der Waals surface area contributed by atoms with Crippen molar-refractivity contribution in [3.63, 3.8) is 0 Å². The average Bonchev–Trinajstić information content (AvgIpc) is 2.62. The molecule has 0 spiro atoms. The van der Waals surface area contributed by atoms with Crippen molar-refractivity contribution in [3.05, 3.63) is 107 Å². The summed E-state index contributed by atoms with van der Waals surface area (Å²) in [6.45, 7) is 1.94. The lowest BCUT2D eigenvalue weighted by molar-refractivity contribution is 0.604. The van der Waals surface area contributed by atoms with Crippen LogP contribution in [-0.4, -0.2) is 8.42 Å². The molecule has 2 nitrogen and oxygen atoms in total. The van der Waals surface area contributed by atoms with E-state index in [0.717, 1.165) is 16.7 Å². The molecule has 0 saturated heterocycles. The Kier molecular flexibility index (Phi) is 4.63. The second kappa shape index (κ2) is 6.85. The summed E-state index contributed by atoms with van der Waals surface area (Å²) < 4.78 is 25.6. The molecule has 0 atom stereocenters. The number of sulfone groups is 1. The Labute approximate surface area is 143 Å². The van der Waals surface area contributed by atoms with Crippen LogP contribution >= 0.6 is 0 Å². The van der Waals surface area contributed by atoms with Gasteiger partial charge in [-0.2, -0.15) is 0 Å². The van der Waals surface area contributed by atoms with Crippen LogP contribution in [-0.2, 0) is 9.84 Å². The van der Waals surface area contributed by atoms with Crippen LogP contribution in [0.2, 0.25) is 0 Å². The predicted molar refractivity (Wildman–Crippen MR) is 98.3 cm³/mol. The minimum atomic E-state index is -3.53. The van der Waals surface area contributed by atoms with Gasteiger partial charge in [0.1, 0.15) is 0 Å². The van der Waals surface area contributed by atoms with Crippen LogP contribution < -0.4 is 0 Å². The molecular weight excluding hydrogens is 316 g/mol. The zero-order chi connectivity index (χ0) is 17.0. The molecule has 0 bridgehead atoms. The van der Waals surface area contributed by atoms with E-state index in [9.17, 15) is 8.42 Å². The van der Waals surface area contributed by atoms with Crippen molar-refractivity contribution in [2.24, 2.45) is 0 Å². The van der Waals surface area contributed by atoms with Gasteiger partial charge in [-0.25, -0.2) is 8.42 Å². The minimum absolute atomic E-state index is 0.303. The predicted octanol–water partition coefficient (Wildman–Crippen LogP) is 4.86. The molecule has 0 radical (unpaired) electrons. The normalized spacial score (nSPS) is 11.0. The summed E-state index contributed by atoms with van der Waals surface area (Å²) in [6.07, 6.45) is 0. The molecule has 0 amide bonds. The number of rotatable bonds is 4. The van der Waals surface area contributed by atoms with Crippen LogP contribution in [0.15, 0.2) is 95.2 Å². The quantitative estimate of drug-likeness (QED) is 0.683. The van der Waals surface area contributed by atoms with E-state index >= 15 is 0 Å². The summed E-state index contributed by atoms with van der Waals surface area (Å²) >= 11 is 0. The first-order chi connectivity index (χ1) is 11.6. The van der Waals surface area contributed by atoms with Gasteiger partial charge in [-0.3, -0.25) is 0 Å². The van der Waals surface area contributed by atoms with Crippen molar-refractivity contribution in [1.29, 1.82) is 0 Å². The number of aryl methyl sites for hydroxylation is 1. The Morgan fingerprint density at radius 1 is 0.708 bits per heavy atom. The first-order valence-corrected chi connectivity index (χ1v) is 9.25. The number of benzene rings is 3. The molecule has 0 aliphatic carbocycles. The second-order valence-corrected chi connectivity index (χ2v) is 7.42. The van der Waals surface area contributed by atoms with E-state index in [0.29, 0.717) is 10.5 Å². The largest absolute Gasteiger partial charge is 0.219 e. The molecule has 3 heteroatoms. The molecule has 3 aromatic rings. The van der Waals surface area contributed by atoms with Gasteiger partial charge >= 0.3 is 0 Å². The van der Waals surface area contributed by atoms with Crippen molar-refractivity contribution in [3.8, 4) is 0 Å². The maximum atomic E-state index is 12.8. The maximum absolute atomic E-state index is 12.8. The molecule has 0 aliphatic heterocycles. The highest BCUT2D eigenvalue weighted by Crippen LogP contribution is 2.26. The van der Waals surface area contributed by atoms with Crippen molar-refractivity contribution >= 4 is 15.4 Å². The molecule has 0 fully saturated rings. The molecule has 0 aliphatic rings. The minimum Gasteiger partial charge on any atom is -0.219 e. The fourth-order valence-corrected chi connectivity index (χ4v) is 3.72. The maximum Gasteiger partial charge on any atom is 0.200 e. The first-order valence-electron chi connectivity index (χ1n) is 7.70. The third-order valence-electron chi connectivity index (χ3n) is 3.79. The first kappa shape index (κ1) is 16.2. The van der Waals surface area contributed by atoms with Gasteiger partial charge in [0, 0.05) is 11.0 Å². The molecule has 0 N–H and O–H groups in total. The summed E-state index contributed by atoms with van der Waals surface area (Å²) in [4.78, 5) is 0.303. The van der Waals surface area contributed by atoms with Gasteiger partial charge in [-0.15, -0.1) is 0 Å². The van der Waals surface area contributed by atoms with E-state index in [1.807, 2.05) is 79.7 Å².